The van der Waals surface area contributed by atoms with Crippen LogP contribution >= 0.6 is 15.9 Å². The van der Waals surface area contributed by atoms with E-state index < -0.39 is 0 Å². The number of hydrogen-bond donors (Lipinski definition) is 2. The van der Waals surface area contributed by atoms with E-state index in [0.717, 1.165) is 15.7 Å². The highest BCUT2D eigenvalue weighted by Crippen LogP contribution is 2.31. The summed E-state index contributed by atoms with van der Waals surface area (Å²) in [4.78, 5) is 25.5. The van der Waals surface area contributed by atoms with Crippen LogP contribution in [0.15, 0.2) is 22.7 Å². The van der Waals surface area contributed by atoms with E-state index in [0.29, 0.717) is 6.42 Å². The van der Waals surface area contributed by atoms with Crippen molar-refractivity contribution in [2.75, 3.05) is 18.5 Å². The summed E-state index contributed by atoms with van der Waals surface area (Å²) in [5, 5.41) is 5.58. The number of rotatable bonds is 4. The third-order valence-electron chi connectivity index (χ3n) is 3.86. The molecule has 0 aromatic heterocycles. The highest BCUT2D eigenvalue weighted by atomic mass is 79.9. The third-order valence-corrected chi connectivity index (χ3v) is 4.49. The predicted molar refractivity (Wildman–Crippen MR) is 86.2 cm³/mol. The Morgan fingerprint density at radius 2 is 2.19 bits per heavy atom. The molecule has 2 atom stereocenters. The third kappa shape index (κ3) is 3.27. The minimum atomic E-state index is -0.313. The summed E-state index contributed by atoms with van der Waals surface area (Å²) >= 11 is 3.56. The van der Waals surface area contributed by atoms with E-state index in [1.54, 1.807) is 0 Å². The Morgan fingerprint density at radius 1 is 1.48 bits per heavy atom. The fraction of sp³-hybridized carbons (Fsp3) is 0.467. The van der Waals surface area contributed by atoms with E-state index in [-0.39, 0.29) is 30.4 Å². The van der Waals surface area contributed by atoms with Gasteiger partial charge in [0.05, 0.1) is 12.2 Å². The highest BCUT2D eigenvalue weighted by molar-refractivity contribution is 9.10. The van der Waals surface area contributed by atoms with Crippen LogP contribution in [0.4, 0.5) is 5.69 Å². The number of imide groups is 1. The summed E-state index contributed by atoms with van der Waals surface area (Å²) in [7, 11) is 1.91. The lowest BCUT2D eigenvalue weighted by atomic mass is 10.0. The van der Waals surface area contributed by atoms with Gasteiger partial charge in [0.15, 0.2) is 0 Å². The summed E-state index contributed by atoms with van der Waals surface area (Å²) in [5.74, 6) is -0.488. The molecule has 2 rings (SSSR count). The van der Waals surface area contributed by atoms with E-state index >= 15 is 0 Å². The average molecular weight is 354 g/mol. The van der Waals surface area contributed by atoms with Gasteiger partial charge >= 0.3 is 0 Å². The van der Waals surface area contributed by atoms with Crippen LogP contribution in [0.3, 0.4) is 0 Å². The standard InChI is InChI=1S/C15H20BrN3O2/c1-4-12-15(21)18-14(20)8-19(12)13-6-5-10(7-11(13)16)9(2)17-3/h5-7,9,12,17H,4,8H2,1-3H3,(H,18,20,21). The van der Waals surface area contributed by atoms with Crippen molar-refractivity contribution in [3.63, 3.8) is 0 Å². The number of carbonyl (C=O) groups is 2. The average Bonchev–Trinajstić information content (AvgIpc) is 2.45. The first kappa shape index (κ1) is 16.0. The Balaban J connectivity index is 2.35. The molecule has 0 spiro atoms. The number of halogens is 1. The molecule has 5 nitrogen and oxygen atoms in total. The summed E-state index contributed by atoms with van der Waals surface area (Å²) < 4.78 is 0.892. The van der Waals surface area contributed by atoms with Gasteiger partial charge in [-0.25, -0.2) is 0 Å². The quantitative estimate of drug-likeness (QED) is 0.812. The SMILES string of the molecule is CCC1C(=O)NC(=O)CN1c1ccc(C(C)NC)cc1Br. The zero-order chi connectivity index (χ0) is 15.6. The van der Waals surface area contributed by atoms with Crippen molar-refractivity contribution in [1.29, 1.82) is 0 Å². The maximum atomic E-state index is 12.0. The number of piperazine rings is 1. The second-order valence-electron chi connectivity index (χ2n) is 5.19. The number of nitrogens with zero attached hydrogens (tertiary/aromatic N) is 1. The molecular formula is C15H20BrN3O2. The van der Waals surface area contributed by atoms with Crippen molar-refractivity contribution >= 4 is 33.4 Å². The minimum Gasteiger partial charge on any atom is -0.349 e. The Morgan fingerprint density at radius 3 is 2.76 bits per heavy atom. The molecule has 1 aliphatic rings. The Hall–Kier alpha value is -1.40. The first-order valence-electron chi connectivity index (χ1n) is 7.05. The molecule has 1 saturated heterocycles. The van der Waals surface area contributed by atoms with E-state index in [2.05, 4.69) is 33.5 Å². The van der Waals surface area contributed by atoms with Gasteiger partial charge in [0.2, 0.25) is 11.8 Å². The van der Waals surface area contributed by atoms with Crippen LogP contribution in [0.5, 0.6) is 0 Å². The molecule has 1 fully saturated rings. The molecule has 2 amide bonds. The Kier molecular flexibility index (Phi) is 5.00. The second kappa shape index (κ2) is 6.58. The Labute approximate surface area is 133 Å². The molecule has 0 bridgehead atoms. The summed E-state index contributed by atoms with van der Waals surface area (Å²) in [6, 6.07) is 5.93. The maximum Gasteiger partial charge on any atom is 0.249 e. The van der Waals surface area contributed by atoms with E-state index in [1.165, 1.54) is 0 Å². The lowest BCUT2D eigenvalue weighted by Crippen LogP contribution is -2.58. The van der Waals surface area contributed by atoms with Gasteiger partial charge in [-0.3, -0.25) is 14.9 Å². The van der Waals surface area contributed by atoms with Crippen molar-refractivity contribution in [2.45, 2.75) is 32.4 Å². The van der Waals surface area contributed by atoms with E-state index in [4.69, 9.17) is 0 Å². The van der Waals surface area contributed by atoms with Crippen molar-refractivity contribution < 1.29 is 9.59 Å². The molecular weight excluding hydrogens is 334 g/mol. The molecule has 2 unspecified atom stereocenters. The maximum absolute atomic E-state index is 12.0. The monoisotopic (exact) mass is 353 g/mol. The van der Waals surface area contributed by atoms with Crippen LogP contribution in [0.25, 0.3) is 0 Å². The lowest BCUT2D eigenvalue weighted by Gasteiger charge is -2.36. The number of anilines is 1. The predicted octanol–water partition coefficient (Wildman–Crippen LogP) is 1.97. The molecule has 21 heavy (non-hydrogen) atoms. The molecule has 0 saturated carbocycles. The van der Waals surface area contributed by atoms with Gasteiger partial charge in [-0.15, -0.1) is 0 Å². The normalized spacial score (nSPS) is 20.4. The van der Waals surface area contributed by atoms with Gasteiger partial charge in [0.1, 0.15) is 6.04 Å². The summed E-state index contributed by atoms with van der Waals surface area (Å²) in [6.45, 7) is 4.22. The van der Waals surface area contributed by atoms with Crippen molar-refractivity contribution in [3.05, 3.63) is 28.2 Å². The van der Waals surface area contributed by atoms with Crippen LogP contribution in [0.2, 0.25) is 0 Å². The molecule has 0 radical (unpaired) electrons. The molecule has 1 aliphatic heterocycles. The summed E-state index contributed by atoms with van der Waals surface area (Å²) in [6.07, 6.45) is 0.653. The second-order valence-corrected chi connectivity index (χ2v) is 6.04. The first-order chi connectivity index (χ1) is 9.97. The largest absolute Gasteiger partial charge is 0.349 e. The molecule has 6 heteroatoms. The number of carbonyl (C=O) groups excluding carboxylic acids is 2. The number of nitrogens with one attached hydrogen (secondary N) is 2. The molecule has 2 N–H and O–H groups in total. The fourth-order valence-corrected chi connectivity index (χ4v) is 3.14. The molecule has 1 aromatic carbocycles. The lowest BCUT2D eigenvalue weighted by molar-refractivity contribution is -0.132. The van der Waals surface area contributed by atoms with Gasteiger partial charge in [0, 0.05) is 10.5 Å². The van der Waals surface area contributed by atoms with Gasteiger partial charge < -0.3 is 10.2 Å². The van der Waals surface area contributed by atoms with Crippen LogP contribution in [-0.4, -0.2) is 31.4 Å². The number of hydrogen-bond acceptors (Lipinski definition) is 4. The molecule has 1 heterocycles. The zero-order valence-corrected chi connectivity index (χ0v) is 14.0. The van der Waals surface area contributed by atoms with Crippen molar-refractivity contribution in [3.8, 4) is 0 Å². The van der Waals surface area contributed by atoms with Gasteiger partial charge in [0.25, 0.3) is 0 Å². The zero-order valence-electron chi connectivity index (χ0n) is 12.4. The van der Waals surface area contributed by atoms with Crippen LogP contribution in [0, 0.1) is 0 Å². The topological polar surface area (TPSA) is 61.4 Å². The van der Waals surface area contributed by atoms with Gasteiger partial charge in [-0.1, -0.05) is 13.0 Å². The van der Waals surface area contributed by atoms with Gasteiger partial charge in [-0.05, 0) is 54.0 Å². The molecule has 1 aromatic rings. The van der Waals surface area contributed by atoms with Crippen molar-refractivity contribution in [1.82, 2.24) is 10.6 Å². The Bertz CT molecular complexity index is 562. The smallest absolute Gasteiger partial charge is 0.249 e. The van der Waals surface area contributed by atoms with Crippen LogP contribution in [0.1, 0.15) is 31.9 Å². The van der Waals surface area contributed by atoms with E-state index in [9.17, 15) is 9.59 Å². The highest BCUT2D eigenvalue weighted by Gasteiger charge is 2.33. The van der Waals surface area contributed by atoms with Crippen LogP contribution in [-0.2, 0) is 9.59 Å². The van der Waals surface area contributed by atoms with Crippen LogP contribution < -0.4 is 15.5 Å². The number of amides is 2. The first-order valence-corrected chi connectivity index (χ1v) is 7.84. The summed E-state index contributed by atoms with van der Waals surface area (Å²) in [5.41, 5.74) is 2.02. The molecule has 114 valence electrons. The number of benzene rings is 1. The van der Waals surface area contributed by atoms with Gasteiger partial charge in [-0.2, -0.15) is 0 Å². The van der Waals surface area contributed by atoms with E-state index in [1.807, 2.05) is 37.1 Å². The fourth-order valence-electron chi connectivity index (χ4n) is 2.52. The minimum absolute atomic E-state index is 0.198. The van der Waals surface area contributed by atoms with Crippen molar-refractivity contribution in [2.24, 2.45) is 0 Å². The molecule has 0 aliphatic carbocycles.